The van der Waals surface area contributed by atoms with Crippen LogP contribution in [0, 0.1) is 0 Å². The highest BCUT2D eigenvalue weighted by atomic mass is 16.5. The van der Waals surface area contributed by atoms with Crippen molar-refractivity contribution in [3.8, 4) is 5.75 Å². The van der Waals surface area contributed by atoms with E-state index in [4.69, 9.17) is 4.74 Å². The maximum Gasteiger partial charge on any atom is 0.346 e. The van der Waals surface area contributed by atoms with Crippen molar-refractivity contribution >= 4 is 5.97 Å². The number of ether oxygens (including phenoxy) is 1. The third kappa shape index (κ3) is 8.75. The number of esters is 1. The summed E-state index contributed by atoms with van der Waals surface area (Å²) in [6.45, 7) is 8.33. The predicted octanol–water partition coefficient (Wildman–Crippen LogP) is 6.09. The lowest BCUT2D eigenvalue weighted by molar-refractivity contribution is 0.0660. The van der Waals surface area contributed by atoms with Crippen molar-refractivity contribution in [1.82, 2.24) is 0 Å². The van der Waals surface area contributed by atoms with Crippen molar-refractivity contribution in [3.63, 3.8) is 0 Å². The lowest BCUT2D eigenvalue weighted by Crippen LogP contribution is -2.00. The molecule has 0 atom stereocenters. The molecule has 0 saturated heterocycles. The molecule has 0 heterocycles. The van der Waals surface area contributed by atoms with E-state index in [9.17, 15) is 9.90 Å². The largest absolute Gasteiger partial charge is 0.507 e. The van der Waals surface area contributed by atoms with Crippen LogP contribution in [0.3, 0.4) is 0 Å². The summed E-state index contributed by atoms with van der Waals surface area (Å²) in [4.78, 5) is 11.8. The molecular formula is C22H28O3. The molecule has 0 aliphatic heterocycles. The van der Waals surface area contributed by atoms with Gasteiger partial charge in [-0.25, -0.2) is 4.79 Å². The SMILES string of the molecule is CC(C)=CCC/C(C)=C/C/C=C(C)/C=C/OC(=O)c1ccccc1O. The van der Waals surface area contributed by atoms with Crippen LogP contribution in [0.25, 0.3) is 0 Å². The van der Waals surface area contributed by atoms with Crippen molar-refractivity contribution < 1.29 is 14.6 Å². The fraction of sp³-hybridized carbons (Fsp3) is 0.318. The zero-order valence-corrected chi connectivity index (χ0v) is 15.6. The minimum absolute atomic E-state index is 0.0816. The van der Waals surface area contributed by atoms with Gasteiger partial charge in [0, 0.05) is 0 Å². The number of allylic oxidation sites excluding steroid dienone is 7. The highest BCUT2D eigenvalue weighted by Crippen LogP contribution is 2.16. The van der Waals surface area contributed by atoms with E-state index in [0.717, 1.165) is 24.8 Å². The molecule has 134 valence electrons. The van der Waals surface area contributed by atoms with Crippen LogP contribution < -0.4 is 0 Å². The lowest BCUT2D eigenvalue weighted by atomic mass is 10.1. The second kappa shape index (κ2) is 11.1. The number of para-hydroxylation sites is 1. The normalized spacial score (nSPS) is 12.3. The summed E-state index contributed by atoms with van der Waals surface area (Å²) in [5.74, 6) is -0.654. The van der Waals surface area contributed by atoms with E-state index in [1.54, 1.807) is 18.2 Å². The zero-order valence-electron chi connectivity index (χ0n) is 15.6. The second-order valence-electron chi connectivity index (χ2n) is 6.28. The quantitative estimate of drug-likeness (QED) is 0.269. The number of rotatable bonds is 8. The van der Waals surface area contributed by atoms with Gasteiger partial charge >= 0.3 is 5.97 Å². The highest BCUT2D eigenvalue weighted by Gasteiger charge is 2.09. The summed E-state index contributed by atoms with van der Waals surface area (Å²) in [5.41, 5.74) is 3.89. The van der Waals surface area contributed by atoms with Gasteiger partial charge in [-0.2, -0.15) is 0 Å². The Bertz CT molecular complexity index is 687. The van der Waals surface area contributed by atoms with Crippen molar-refractivity contribution in [2.45, 2.75) is 47.0 Å². The number of hydrogen-bond donors (Lipinski definition) is 1. The molecule has 3 heteroatoms. The molecule has 0 spiro atoms. The lowest BCUT2D eigenvalue weighted by Gasteiger charge is -2.01. The monoisotopic (exact) mass is 340 g/mol. The second-order valence-corrected chi connectivity index (χ2v) is 6.28. The van der Waals surface area contributed by atoms with E-state index in [1.165, 1.54) is 29.5 Å². The first kappa shape index (κ1) is 20.5. The number of carbonyl (C=O) groups is 1. The minimum atomic E-state index is -0.572. The van der Waals surface area contributed by atoms with E-state index < -0.39 is 5.97 Å². The number of hydrogen-bond acceptors (Lipinski definition) is 3. The van der Waals surface area contributed by atoms with Gasteiger partial charge in [0.15, 0.2) is 0 Å². The van der Waals surface area contributed by atoms with Crippen LogP contribution in [-0.4, -0.2) is 11.1 Å². The van der Waals surface area contributed by atoms with Gasteiger partial charge in [-0.3, -0.25) is 0 Å². The van der Waals surface area contributed by atoms with Crippen LogP contribution >= 0.6 is 0 Å². The molecule has 0 aromatic heterocycles. The van der Waals surface area contributed by atoms with Crippen LogP contribution in [-0.2, 0) is 4.74 Å². The standard InChI is InChI=1S/C22H28O3/c1-17(2)9-7-10-18(3)11-8-12-19(4)15-16-25-22(24)20-13-5-6-14-21(20)23/h5-6,9,11-16,23H,7-8,10H2,1-4H3/b16-15+,18-11+,19-12+. The molecule has 1 aromatic carbocycles. The van der Waals surface area contributed by atoms with Crippen LogP contribution in [0.2, 0.25) is 0 Å². The van der Waals surface area contributed by atoms with Crippen molar-refractivity contribution in [2.24, 2.45) is 0 Å². The number of benzene rings is 1. The summed E-state index contributed by atoms with van der Waals surface area (Å²) in [5, 5.41) is 9.60. The first-order valence-electron chi connectivity index (χ1n) is 8.51. The molecule has 0 radical (unpaired) electrons. The molecule has 25 heavy (non-hydrogen) atoms. The maximum absolute atomic E-state index is 11.8. The van der Waals surface area contributed by atoms with Gasteiger partial charge in [-0.05, 0) is 65.2 Å². The van der Waals surface area contributed by atoms with Crippen molar-refractivity contribution in [3.05, 3.63) is 77.1 Å². The van der Waals surface area contributed by atoms with Crippen LogP contribution in [0.15, 0.2) is 71.6 Å². The van der Waals surface area contributed by atoms with E-state index >= 15 is 0 Å². The van der Waals surface area contributed by atoms with Gasteiger partial charge in [0.1, 0.15) is 11.3 Å². The van der Waals surface area contributed by atoms with Gasteiger partial charge in [-0.15, -0.1) is 0 Å². The van der Waals surface area contributed by atoms with E-state index in [0.29, 0.717) is 0 Å². The zero-order chi connectivity index (χ0) is 18.7. The fourth-order valence-electron chi connectivity index (χ4n) is 2.12. The molecule has 0 saturated carbocycles. The predicted molar refractivity (Wildman–Crippen MR) is 103 cm³/mol. The van der Waals surface area contributed by atoms with Crippen molar-refractivity contribution in [1.29, 1.82) is 0 Å². The Balaban J connectivity index is 2.44. The van der Waals surface area contributed by atoms with Crippen molar-refractivity contribution in [2.75, 3.05) is 0 Å². The molecule has 0 bridgehead atoms. The Morgan fingerprint density at radius 2 is 1.80 bits per heavy atom. The molecule has 0 aliphatic rings. The van der Waals surface area contributed by atoms with E-state index in [2.05, 4.69) is 39.0 Å². The molecule has 0 fully saturated rings. The first-order chi connectivity index (χ1) is 11.9. The Labute approximate surface area is 151 Å². The highest BCUT2D eigenvalue weighted by molar-refractivity contribution is 5.92. The number of carbonyl (C=O) groups excluding carboxylic acids is 1. The van der Waals surface area contributed by atoms with Crippen LogP contribution in [0.1, 0.15) is 57.3 Å². The minimum Gasteiger partial charge on any atom is -0.507 e. The summed E-state index contributed by atoms with van der Waals surface area (Å²) in [7, 11) is 0. The molecule has 1 rings (SSSR count). The molecule has 0 amide bonds. The van der Waals surface area contributed by atoms with Crippen LogP contribution in [0.4, 0.5) is 0 Å². The average molecular weight is 340 g/mol. The summed E-state index contributed by atoms with van der Waals surface area (Å²) in [6, 6.07) is 6.32. The van der Waals surface area contributed by atoms with Gasteiger partial charge in [0.05, 0.1) is 6.26 Å². The number of aromatic hydroxyl groups is 1. The smallest absolute Gasteiger partial charge is 0.346 e. The number of phenols is 1. The number of phenolic OH excluding ortho intramolecular Hbond substituents is 1. The molecule has 1 N–H and O–H groups in total. The topological polar surface area (TPSA) is 46.5 Å². The summed E-state index contributed by atoms with van der Waals surface area (Å²) in [6.07, 6.45) is 12.6. The van der Waals surface area contributed by atoms with Crippen LogP contribution in [0.5, 0.6) is 5.75 Å². The Morgan fingerprint density at radius 3 is 2.48 bits per heavy atom. The van der Waals surface area contributed by atoms with Gasteiger partial charge in [-0.1, -0.05) is 47.1 Å². The van der Waals surface area contributed by atoms with E-state index in [1.807, 2.05) is 6.92 Å². The summed E-state index contributed by atoms with van der Waals surface area (Å²) >= 11 is 0. The van der Waals surface area contributed by atoms with Gasteiger partial charge < -0.3 is 9.84 Å². The Kier molecular flexibility index (Phi) is 9.09. The maximum atomic E-state index is 11.8. The van der Waals surface area contributed by atoms with Gasteiger partial charge in [0.2, 0.25) is 0 Å². The first-order valence-corrected chi connectivity index (χ1v) is 8.51. The average Bonchev–Trinajstić information content (AvgIpc) is 2.54. The molecule has 1 aromatic rings. The molecule has 3 nitrogen and oxygen atoms in total. The summed E-state index contributed by atoms with van der Waals surface area (Å²) < 4.78 is 5.04. The third-order valence-electron chi connectivity index (χ3n) is 3.63. The van der Waals surface area contributed by atoms with Gasteiger partial charge in [0.25, 0.3) is 0 Å². The Morgan fingerprint density at radius 1 is 1.08 bits per heavy atom. The molecule has 0 aliphatic carbocycles. The third-order valence-corrected chi connectivity index (χ3v) is 3.63. The fourth-order valence-corrected chi connectivity index (χ4v) is 2.12. The van der Waals surface area contributed by atoms with E-state index in [-0.39, 0.29) is 11.3 Å². The molecular weight excluding hydrogens is 312 g/mol. The Hall–Kier alpha value is -2.55. The molecule has 0 unspecified atom stereocenters.